The van der Waals surface area contributed by atoms with E-state index >= 15 is 0 Å². The lowest BCUT2D eigenvalue weighted by atomic mass is 9.94. The van der Waals surface area contributed by atoms with Gasteiger partial charge in [-0.25, -0.2) is 0 Å². The van der Waals surface area contributed by atoms with Crippen LogP contribution < -0.4 is 0 Å². The van der Waals surface area contributed by atoms with E-state index in [4.69, 9.17) is 11.6 Å². The van der Waals surface area contributed by atoms with E-state index in [-0.39, 0.29) is 0 Å². The van der Waals surface area contributed by atoms with E-state index in [0.29, 0.717) is 11.4 Å². The third-order valence-corrected chi connectivity index (χ3v) is 4.08. The fourth-order valence-electron chi connectivity index (χ4n) is 2.62. The highest BCUT2D eigenvalue weighted by atomic mass is 35.5. The molecule has 2 atom stereocenters. The molecule has 1 aromatic heterocycles. The molecule has 0 amide bonds. The van der Waals surface area contributed by atoms with Crippen molar-refractivity contribution in [2.45, 2.75) is 50.6 Å². The highest BCUT2D eigenvalue weighted by Gasteiger charge is 2.26. The van der Waals surface area contributed by atoms with Crippen LogP contribution in [0.1, 0.15) is 37.1 Å². The van der Waals surface area contributed by atoms with Crippen molar-refractivity contribution in [3.8, 4) is 0 Å². The summed E-state index contributed by atoms with van der Waals surface area (Å²) < 4.78 is 0. The van der Waals surface area contributed by atoms with Gasteiger partial charge in [-0.3, -0.25) is 9.88 Å². The van der Waals surface area contributed by atoms with Crippen LogP contribution in [0.15, 0.2) is 18.2 Å². The molecule has 0 spiro atoms. The molecule has 2 nitrogen and oxygen atoms in total. The number of rotatable bonds is 3. The summed E-state index contributed by atoms with van der Waals surface area (Å²) in [6.07, 6.45) is 4.95. The summed E-state index contributed by atoms with van der Waals surface area (Å²) >= 11 is 6.41. The summed E-state index contributed by atoms with van der Waals surface area (Å²) in [4.78, 5) is 6.91. The molecular weight excluding hydrogens is 232 g/mol. The van der Waals surface area contributed by atoms with Crippen molar-refractivity contribution in [2.75, 3.05) is 7.05 Å². The van der Waals surface area contributed by atoms with E-state index in [0.717, 1.165) is 24.4 Å². The van der Waals surface area contributed by atoms with Gasteiger partial charge in [0.1, 0.15) is 0 Å². The number of pyridine rings is 1. The first-order chi connectivity index (χ1) is 8.16. The largest absolute Gasteiger partial charge is 0.296 e. The number of hydrogen-bond donors (Lipinski definition) is 0. The number of alkyl halides is 1. The standard InChI is InChI=1S/C14H21ClN2/c1-11-6-5-7-12(16-11)10-17(2)14-9-4-3-8-13(14)15/h5-7,13-14H,3-4,8-10H2,1-2H3. The van der Waals surface area contributed by atoms with Gasteiger partial charge in [-0.05, 0) is 38.9 Å². The Hall–Kier alpha value is -0.600. The number of aromatic nitrogens is 1. The summed E-state index contributed by atoms with van der Waals surface area (Å²) in [5.41, 5.74) is 2.23. The highest BCUT2D eigenvalue weighted by Crippen LogP contribution is 2.27. The van der Waals surface area contributed by atoms with Crippen LogP contribution >= 0.6 is 11.6 Å². The molecule has 1 aliphatic carbocycles. The molecule has 0 radical (unpaired) electrons. The maximum Gasteiger partial charge on any atom is 0.0547 e. The van der Waals surface area contributed by atoms with Crippen LogP contribution in [0.3, 0.4) is 0 Å². The first-order valence-electron chi connectivity index (χ1n) is 6.43. The van der Waals surface area contributed by atoms with Crippen molar-refractivity contribution in [3.63, 3.8) is 0 Å². The minimum Gasteiger partial charge on any atom is -0.296 e. The lowest BCUT2D eigenvalue weighted by Gasteiger charge is -2.34. The monoisotopic (exact) mass is 252 g/mol. The van der Waals surface area contributed by atoms with Crippen molar-refractivity contribution in [3.05, 3.63) is 29.6 Å². The van der Waals surface area contributed by atoms with Crippen molar-refractivity contribution in [2.24, 2.45) is 0 Å². The molecule has 0 N–H and O–H groups in total. The van der Waals surface area contributed by atoms with Gasteiger partial charge in [0.25, 0.3) is 0 Å². The Bertz CT molecular complexity index is 367. The summed E-state index contributed by atoms with van der Waals surface area (Å²) in [6, 6.07) is 6.71. The molecule has 1 aliphatic rings. The highest BCUT2D eigenvalue weighted by molar-refractivity contribution is 6.21. The zero-order valence-corrected chi connectivity index (χ0v) is 11.5. The molecular formula is C14H21ClN2. The first-order valence-corrected chi connectivity index (χ1v) is 6.87. The lowest BCUT2D eigenvalue weighted by molar-refractivity contribution is 0.186. The second-order valence-corrected chi connectivity index (χ2v) is 5.61. The van der Waals surface area contributed by atoms with Crippen LogP contribution in [0.25, 0.3) is 0 Å². The fourth-order valence-corrected chi connectivity index (χ4v) is 3.10. The predicted octanol–water partition coefficient (Wildman–Crippen LogP) is 3.37. The van der Waals surface area contributed by atoms with Gasteiger partial charge in [0.15, 0.2) is 0 Å². The number of halogens is 1. The van der Waals surface area contributed by atoms with Crippen molar-refractivity contribution in [1.29, 1.82) is 0 Å². The molecule has 3 heteroatoms. The van der Waals surface area contributed by atoms with E-state index in [9.17, 15) is 0 Å². The van der Waals surface area contributed by atoms with Crippen LogP contribution in [-0.4, -0.2) is 28.4 Å². The quantitative estimate of drug-likeness (QED) is 0.767. The van der Waals surface area contributed by atoms with Crippen LogP contribution in [0.4, 0.5) is 0 Å². The van der Waals surface area contributed by atoms with E-state index in [1.807, 2.05) is 13.0 Å². The van der Waals surface area contributed by atoms with Crippen LogP contribution in [0.2, 0.25) is 0 Å². The topological polar surface area (TPSA) is 16.1 Å². The third kappa shape index (κ3) is 3.43. The molecule has 1 heterocycles. The zero-order valence-electron chi connectivity index (χ0n) is 10.7. The minimum atomic E-state index is 0.304. The van der Waals surface area contributed by atoms with Crippen LogP contribution in [0.5, 0.6) is 0 Å². The maximum absolute atomic E-state index is 6.41. The molecule has 2 unspecified atom stereocenters. The predicted molar refractivity (Wildman–Crippen MR) is 72.3 cm³/mol. The Morgan fingerprint density at radius 2 is 2.12 bits per heavy atom. The van der Waals surface area contributed by atoms with E-state index in [1.54, 1.807) is 0 Å². The van der Waals surface area contributed by atoms with Gasteiger partial charge in [0.05, 0.1) is 5.69 Å². The molecule has 1 saturated carbocycles. The Morgan fingerprint density at radius 1 is 1.35 bits per heavy atom. The van der Waals surface area contributed by atoms with Gasteiger partial charge in [-0.1, -0.05) is 18.9 Å². The molecule has 94 valence electrons. The summed E-state index contributed by atoms with van der Waals surface area (Å²) in [5, 5.41) is 0.304. The van der Waals surface area contributed by atoms with Gasteiger partial charge in [-0.2, -0.15) is 0 Å². The summed E-state index contributed by atoms with van der Waals surface area (Å²) in [6.45, 7) is 2.93. The molecule has 0 aromatic carbocycles. The normalized spacial score (nSPS) is 25.2. The van der Waals surface area contributed by atoms with Crippen molar-refractivity contribution in [1.82, 2.24) is 9.88 Å². The second-order valence-electron chi connectivity index (χ2n) is 5.05. The van der Waals surface area contributed by atoms with Gasteiger partial charge in [0, 0.05) is 23.7 Å². The Morgan fingerprint density at radius 3 is 2.82 bits per heavy atom. The summed E-state index contributed by atoms with van der Waals surface area (Å²) in [7, 11) is 2.16. The van der Waals surface area contributed by atoms with E-state index in [2.05, 4.69) is 29.1 Å². The van der Waals surface area contributed by atoms with Crippen molar-refractivity contribution >= 4 is 11.6 Å². The average Bonchev–Trinajstić information content (AvgIpc) is 2.29. The first kappa shape index (κ1) is 12.8. The van der Waals surface area contributed by atoms with Gasteiger partial charge < -0.3 is 0 Å². The van der Waals surface area contributed by atoms with E-state index in [1.165, 1.54) is 19.3 Å². The lowest BCUT2D eigenvalue weighted by Crippen LogP contribution is -2.40. The van der Waals surface area contributed by atoms with Crippen molar-refractivity contribution < 1.29 is 0 Å². The van der Waals surface area contributed by atoms with Gasteiger partial charge in [-0.15, -0.1) is 11.6 Å². The zero-order chi connectivity index (χ0) is 12.3. The second kappa shape index (κ2) is 5.83. The molecule has 1 aromatic rings. The molecule has 17 heavy (non-hydrogen) atoms. The molecule has 1 fully saturated rings. The number of hydrogen-bond acceptors (Lipinski definition) is 2. The van der Waals surface area contributed by atoms with Gasteiger partial charge >= 0.3 is 0 Å². The molecule has 2 rings (SSSR count). The summed E-state index contributed by atoms with van der Waals surface area (Å²) in [5.74, 6) is 0. The SMILES string of the molecule is Cc1cccc(CN(C)C2CCCCC2Cl)n1. The average molecular weight is 253 g/mol. The molecule has 0 aliphatic heterocycles. The maximum atomic E-state index is 6.41. The molecule has 0 bridgehead atoms. The number of nitrogens with zero attached hydrogens (tertiary/aromatic N) is 2. The van der Waals surface area contributed by atoms with Gasteiger partial charge in [0.2, 0.25) is 0 Å². The molecule has 0 saturated heterocycles. The van der Waals surface area contributed by atoms with Crippen LogP contribution in [-0.2, 0) is 6.54 Å². The number of aryl methyl sites for hydroxylation is 1. The third-order valence-electron chi connectivity index (χ3n) is 3.57. The Labute approximate surface area is 109 Å². The Balaban J connectivity index is 1.98. The fraction of sp³-hybridized carbons (Fsp3) is 0.643. The van der Waals surface area contributed by atoms with E-state index < -0.39 is 0 Å². The minimum absolute atomic E-state index is 0.304. The Kier molecular flexibility index (Phi) is 4.41. The smallest absolute Gasteiger partial charge is 0.0547 e. The van der Waals surface area contributed by atoms with Crippen LogP contribution in [0, 0.1) is 6.92 Å².